The number of nitrogens with zero attached hydrogens (tertiary/aromatic N) is 3. The van der Waals surface area contributed by atoms with E-state index in [0.717, 1.165) is 20.8 Å². The molecule has 86 valence electrons. The van der Waals surface area contributed by atoms with Gasteiger partial charge in [-0.2, -0.15) is 0 Å². The van der Waals surface area contributed by atoms with Crippen molar-refractivity contribution >= 4 is 38.3 Å². The van der Waals surface area contributed by atoms with Gasteiger partial charge in [0.25, 0.3) is 0 Å². The Morgan fingerprint density at radius 1 is 1.24 bits per heavy atom. The van der Waals surface area contributed by atoms with Crippen LogP contribution in [0.15, 0.2) is 28.4 Å². The number of rotatable bonds is 1. The maximum Gasteiger partial charge on any atom is 0.196 e. The Labute approximate surface area is 111 Å². The van der Waals surface area contributed by atoms with E-state index in [2.05, 4.69) is 51.9 Å². The number of hydrogen-bond acceptors (Lipinski definition) is 3. The highest BCUT2D eigenvalue weighted by molar-refractivity contribution is 9.10. The lowest BCUT2D eigenvalue weighted by atomic mass is 10.1. The van der Waals surface area contributed by atoms with E-state index < -0.39 is 0 Å². The minimum atomic E-state index is 0.864. The van der Waals surface area contributed by atoms with Crippen LogP contribution in [0.3, 0.4) is 0 Å². The van der Waals surface area contributed by atoms with Crippen LogP contribution in [-0.4, -0.2) is 14.5 Å². The first kappa shape index (κ1) is 10.9. The van der Waals surface area contributed by atoms with Gasteiger partial charge in [-0.15, -0.1) is 11.3 Å². The van der Waals surface area contributed by atoms with Crippen LogP contribution in [-0.2, 0) is 0 Å². The van der Waals surface area contributed by atoms with Gasteiger partial charge in [-0.05, 0) is 53.0 Å². The lowest BCUT2D eigenvalue weighted by molar-refractivity contribution is 1.06. The van der Waals surface area contributed by atoms with Crippen LogP contribution in [0, 0.1) is 13.8 Å². The zero-order valence-corrected chi connectivity index (χ0v) is 11.8. The van der Waals surface area contributed by atoms with Crippen LogP contribution < -0.4 is 0 Å². The minimum Gasteiger partial charge on any atom is -0.274 e. The third-order valence-electron chi connectivity index (χ3n) is 2.83. The molecule has 0 aliphatic rings. The molecule has 17 heavy (non-hydrogen) atoms. The van der Waals surface area contributed by atoms with Crippen molar-refractivity contribution in [3.05, 3.63) is 39.6 Å². The molecule has 0 saturated heterocycles. The fourth-order valence-corrected chi connectivity index (χ4v) is 3.00. The summed E-state index contributed by atoms with van der Waals surface area (Å²) in [6.45, 7) is 4.22. The summed E-state index contributed by atoms with van der Waals surface area (Å²) in [4.78, 5) is 8.83. The number of benzene rings is 1. The Hall–Kier alpha value is -1.20. The second-order valence-electron chi connectivity index (χ2n) is 3.99. The second kappa shape index (κ2) is 3.92. The van der Waals surface area contributed by atoms with E-state index in [0.29, 0.717) is 0 Å². The van der Waals surface area contributed by atoms with Gasteiger partial charge >= 0.3 is 0 Å². The highest BCUT2D eigenvalue weighted by Gasteiger charge is 2.09. The van der Waals surface area contributed by atoms with Gasteiger partial charge in [-0.25, -0.2) is 9.97 Å². The Morgan fingerprint density at radius 3 is 2.71 bits per heavy atom. The number of hydrogen-bond donors (Lipinski definition) is 0. The lowest BCUT2D eigenvalue weighted by Gasteiger charge is -2.02. The zero-order valence-electron chi connectivity index (χ0n) is 9.44. The maximum absolute atomic E-state index is 4.42. The van der Waals surface area contributed by atoms with Crippen molar-refractivity contribution in [3.63, 3.8) is 0 Å². The molecule has 2 heterocycles. The second-order valence-corrected chi connectivity index (χ2v) is 5.64. The van der Waals surface area contributed by atoms with Gasteiger partial charge in [0, 0.05) is 5.38 Å². The average molecular weight is 308 g/mol. The lowest BCUT2D eigenvalue weighted by Crippen LogP contribution is -1.91. The minimum absolute atomic E-state index is 0.864. The zero-order chi connectivity index (χ0) is 12.0. The van der Waals surface area contributed by atoms with E-state index >= 15 is 0 Å². The third kappa shape index (κ3) is 1.79. The molecule has 0 radical (unpaired) electrons. The largest absolute Gasteiger partial charge is 0.274 e. The van der Waals surface area contributed by atoms with Crippen LogP contribution in [0.1, 0.15) is 11.1 Å². The van der Waals surface area contributed by atoms with Gasteiger partial charge < -0.3 is 0 Å². The van der Waals surface area contributed by atoms with Crippen LogP contribution in [0.25, 0.3) is 16.2 Å². The monoisotopic (exact) mass is 307 g/mol. The van der Waals surface area contributed by atoms with Crippen molar-refractivity contribution in [2.45, 2.75) is 13.8 Å². The van der Waals surface area contributed by atoms with Gasteiger partial charge in [-0.1, -0.05) is 0 Å². The fourth-order valence-electron chi connectivity index (χ4n) is 1.77. The van der Waals surface area contributed by atoms with Gasteiger partial charge in [0.05, 0.1) is 11.0 Å². The molecule has 0 aliphatic carbocycles. The molecule has 3 aromatic rings. The highest BCUT2D eigenvalue weighted by atomic mass is 79.9. The van der Waals surface area contributed by atoms with E-state index in [4.69, 9.17) is 0 Å². The summed E-state index contributed by atoms with van der Waals surface area (Å²) >= 11 is 4.97. The van der Waals surface area contributed by atoms with Crippen molar-refractivity contribution in [2.75, 3.05) is 0 Å². The standard InChI is InChI=1S/C12H10BrN3S/c1-7-3-9-10(4-8(7)2)16(6-14-9)12-15-11(13)5-17-12/h3-6H,1-2H3. The molecule has 0 bridgehead atoms. The SMILES string of the molecule is Cc1cc2ncn(-c3nc(Br)cs3)c2cc1C. The molecule has 0 amide bonds. The molecule has 5 heteroatoms. The molecule has 0 fully saturated rings. The van der Waals surface area contributed by atoms with Gasteiger partial charge in [0.15, 0.2) is 5.13 Å². The van der Waals surface area contributed by atoms with E-state index in [1.54, 1.807) is 11.3 Å². The van der Waals surface area contributed by atoms with E-state index in [1.165, 1.54) is 11.1 Å². The smallest absolute Gasteiger partial charge is 0.196 e. The van der Waals surface area contributed by atoms with Gasteiger partial charge in [0.1, 0.15) is 10.9 Å². The summed E-state index contributed by atoms with van der Waals surface area (Å²) in [5.41, 5.74) is 4.66. The fraction of sp³-hybridized carbons (Fsp3) is 0.167. The Balaban J connectivity index is 2.27. The molecule has 0 N–H and O–H groups in total. The number of aryl methyl sites for hydroxylation is 2. The summed E-state index contributed by atoms with van der Waals surface area (Å²) in [6.07, 6.45) is 1.83. The molecule has 3 rings (SSSR count). The van der Waals surface area contributed by atoms with Crippen molar-refractivity contribution < 1.29 is 0 Å². The molecule has 1 aromatic carbocycles. The third-order valence-corrected chi connectivity index (χ3v) is 4.38. The Kier molecular flexibility index (Phi) is 2.52. The summed E-state index contributed by atoms with van der Waals surface area (Å²) in [5.74, 6) is 0. The van der Waals surface area contributed by atoms with Gasteiger partial charge in [0.2, 0.25) is 0 Å². The summed E-state index contributed by atoms with van der Waals surface area (Å²) in [7, 11) is 0. The molecular formula is C12H10BrN3S. The van der Waals surface area contributed by atoms with Gasteiger partial charge in [-0.3, -0.25) is 4.57 Å². The summed E-state index contributed by atoms with van der Waals surface area (Å²) in [6, 6.07) is 4.27. The van der Waals surface area contributed by atoms with Crippen LogP contribution >= 0.6 is 27.3 Å². The first-order valence-corrected chi connectivity index (χ1v) is 6.88. The maximum atomic E-state index is 4.42. The molecule has 0 atom stereocenters. The first-order chi connectivity index (χ1) is 8.15. The predicted molar refractivity (Wildman–Crippen MR) is 73.9 cm³/mol. The quantitative estimate of drug-likeness (QED) is 0.683. The predicted octanol–water partition coefficient (Wildman–Crippen LogP) is 3.86. The summed E-state index contributed by atoms with van der Waals surface area (Å²) in [5, 5.41) is 2.91. The van der Waals surface area contributed by atoms with Crippen molar-refractivity contribution in [1.82, 2.24) is 14.5 Å². The number of aromatic nitrogens is 3. The van der Waals surface area contributed by atoms with E-state index in [9.17, 15) is 0 Å². The normalized spacial score (nSPS) is 11.2. The van der Waals surface area contributed by atoms with Crippen molar-refractivity contribution in [2.24, 2.45) is 0 Å². The number of imidazole rings is 1. The Bertz CT molecular complexity index is 699. The molecule has 0 saturated carbocycles. The first-order valence-electron chi connectivity index (χ1n) is 5.21. The average Bonchev–Trinajstić information content (AvgIpc) is 2.86. The number of halogens is 1. The molecule has 0 unspecified atom stereocenters. The van der Waals surface area contributed by atoms with Crippen LogP contribution in [0.5, 0.6) is 0 Å². The summed E-state index contributed by atoms with van der Waals surface area (Å²) < 4.78 is 2.89. The molecule has 0 spiro atoms. The topological polar surface area (TPSA) is 30.7 Å². The van der Waals surface area contributed by atoms with E-state index in [1.807, 2.05) is 16.3 Å². The number of thiazole rings is 1. The Morgan fingerprint density at radius 2 is 2.00 bits per heavy atom. The number of fused-ring (bicyclic) bond motifs is 1. The van der Waals surface area contributed by atoms with Crippen LogP contribution in [0.4, 0.5) is 0 Å². The van der Waals surface area contributed by atoms with Crippen molar-refractivity contribution in [1.29, 1.82) is 0 Å². The van der Waals surface area contributed by atoms with E-state index in [-0.39, 0.29) is 0 Å². The molecule has 2 aromatic heterocycles. The van der Waals surface area contributed by atoms with Crippen LogP contribution in [0.2, 0.25) is 0 Å². The molecule has 0 aliphatic heterocycles. The van der Waals surface area contributed by atoms with Crippen molar-refractivity contribution in [3.8, 4) is 5.13 Å². The highest BCUT2D eigenvalue weighted by Crippen LogP contribution is 2.25. The molecule has 3 nitrogen and oxygen atoms in total. The molecular weight excluding hydrogens is 298 g/mol.